The Balaban J connectivity index is 2.71. The van der Waals surface area contributed by atoms with E-state index in [1.807, 2.05) is 0 Å². The minimum Gasteiger partial charge on any atom is -0.372 e. The zero-order valence-corrected chi connectivity index (χ0v) is 11.8. The molecule has 0 aliphatic rings. The minimum atomic E-state index is 0.529. The Morgan fingerprint density at radius 3 is 2.35 bits per heavy atom. The molecule has 0 atom stereocenters. The second-order valence-corrected chi connectivity index (χ2v) is 5.36. The molecule has 17 heavy (non-hydrogen) atoms. The highest BCUT2D eigenvalue weighted by atomic mass is 15.1. The number of rotatable bonds is 6. The van der Waals surface area contributed by atoms with Crippen molar-refractivity contribution in [2.75, 3.05) is 18.5 Å². The fourth-order valence-corrected chi connectivity index (χ4v) is 1.78. The van der Waals surface area contributed by atoms with Gasteiger partial charge >= 0.3 is 0 Å². The van der Waals surface area contributed by atoms with Crippen LogP contribution in [0.25, 0.3) is 0 Å². The van der Waals surface area contributed by atoms with Crippen molar-refractivity contribution < 1.29 is 0 Å². The van der Waals surface area contributed by atoms with E-state index < -0.39 is 0 Å². The fourth-order valence-electron chi connectivity index (χ4n) is 1.78. The van der Waals surface area contributed by atoms with Crippen LogP contribution in [-0.2, 0) is 6.54 Å². The first kappa shape index (κ1) is 14.0. The molecular weight excluding hydrogens is 208 g/mol. The van der Waals surface area contributed by atoms with E-state index in [9.17, 15) is 0 Å². The van der Waals surface area contributed by atoms with E-state index in [0.29, 0.717) is 12.0 Å². The summed E-state index contributed by atoms with van der Waals surface area (Å²) in [5.41, 5.74) is 2.71. The summed E-state index contributed by atoms with van der Waals surface area (Å²) < 4.78 is 0. The molecule has 1 aromatic carbocycles. The normalized spacial score (nSPS) is 11.2. The van der Waals surface area contributed by atoms with E-state index in [4.69, 9.17) is 0 Å². The molecule has 1 rings (SSSR count). The van der Waals surface area contributed by atoms with E-state index in [2.05, 4.69) is 69.2 Å². The van der Waals surface area contributed by atoms with Crippen molar-refractivity contribution in [2.24, 2.45) is 5.92 Å². The van der Waals surface area contributed by atoms with Gasteiger partial charge in [-0.15, -0.1) is 0 Å². The maximum Gasteiger partial charge on any atom is 0.0411 e. The third-order valence-corrected chi connectivity index (χ3v) is 3.01. The smallest absolute Gasteiger partial charge is 0.0411 e. The molecule has 0 aromatic heterocycles. The topological polar surface area (TPSA) is 15.3 Å². The Kier molecular flexibility index (Phi) is 5.49. The quantitative estimate of drug-likeness (QED) is 0.812. The molecule has 0 radical (unpaired) electrons. The fraction of sp³-hybridized carbons (Fsp3) is 0.600. The standard InChI is InChI=1S/C15H26N2/c1-12(2)10-16-11-14-8-6-7-9-15(14)17(5)13(3)4/h6-9,12-13,16H,10-11H2,1-5H3. The highest BCUT2D eigenvalue weighted by Gasteiger charge is 2.09. The van der Waals surface area contributed by atoms with Gasteiger partial charge in [0.2, 0.25) is 0 Å². The first-order valence-electron chi connectivity index (χ1n) is 6.53. The first-order chi connectivity index (χ1) is 8.02. The van der Waals surface area contributed by atoms with Crippen LogP contribution in [0.2, 0.25) is 0 Å². The molecule has 0 fully saturated rings. The molecule has 0 aliphatic carbocycles. The van der Waals surface area contributed by atoms with Crippen LogP contribution < -0.4 is 10.2 Å². The maximum absolute atomic E-state index is 3.51. The van der Waals surface area contributed by atoms with Gasteiger partial charge in [-0.3, -0.25) is 0 Å². The van der Waals surface area contributed by atoms with Crippen molar-refractivity contribution in [3.8, 4) is 0 Å². The summed E-state index contributed by atoms with van der Waals surface area (Å²) in [7, 11) is 2.16. The van der Waals surface area contributed by atoms with E-state index in [1.165, 1.54) is 11.3 Å². The van der Waals surface area contributed by atoms with Crippen LogP contribution in [0.4, 0.5) is 5.69 Å². The number of nitrogens with one attached hydrogen (secondary N) is 1. The van der Waals surface area contributed by atoms with Crippen molar-refractivity contribution in [3.05, 3.63) is 29.8 Å². The summed E-state index contributed by atoms with van der Waals surface area (Å²) in [4.78, 5) is 2.33. The SMILES string of the molecule is CC(C)CNCc1ccccc1N(C)C(C)C. The summed E-state index contributed by atoms with van der Waals surface area (Å²) >= 11 is 0. The van der Waals surface area contributed by atoms with Gasteiger partial charge in [0.15, 0.2) is 0 Å². The molecule has 0 saturated carbocycles. The van der Waals surface area contributed by atoms with Crippen molar-refractivity contribution in [2.45, 2.75) is 40.3 Å². The van der Waals surface area contributed by atoms with E-state index in [0.717, 1.165) is 13.1 Å². The first-order valence-corrected chi connectivity index (χ1v) is 6.53. The lowest BCUT2D eigenvalue weighted by Gasteiger charge is -2.26. The molecule has 96 valence electrons. The molecule has 0 spiro atoms. The molecule has 0 amide bonds. The van der Waals surface area contributed by atoms with Gasteiger partial charge in [0.1, 0.15) is 0 Å². The molecule has 0 saturated heterocycles. The van der Waals surface area contributed by atoms with E-state index in [-0.39, 0.29) is 0 Å². The Bertz CT molecular complexity index is 331. The van der Waals surface area contributed by atoms with Crippen LogP contribution in [-0.4, -0.2) is 19.6 Å². The van der Waals surface area contributed by atoms with Gasteiger partial charge < -0.3 is 10.2 Å². The van der Waals surface area contributed by atoms with Crippen LogP contribution >= 0.6 is 0 Å². The average Bonchev–Trinajstić information content (AvgIpc) is 2.28. The lowest BCUT2D eigenvalue weighted by molar-refractivity contribution is 0.551. The zero-order valence-electron chi connectivity index (χ0n) is 11.8. The predicted molar refractivity (Wildman–Crippen MR) is 76.5 cm³/mol. The van der Waals surface area contributed by atoms with Crippen molar-refractivity contribution in [3.63, 3.8) is 0 Å². The van der Waals surface area contributed by atoms with E-state index >= 15 is 0 Å². The molecule has 0 heterocycles. The molecule has 2 nitrogen and oxygen atoms in total. The second-order valence-electron chi connectivity index (χ2n) is 5.36. The lowest BCUT2D eigenvalue weighted by atomic mass is 10.1. The van der Waals surface area contributed by atoms with Crippen molar-refractivity contribution in [1.29, 1.82) is 0 Å². The van der Waals surface area contributed by atoms with Crippen LogP contribution in [0.5, 0.6) is 0 Å². The highest BCUT2D eigenvalue weighted by Crippen LogP contribution is 2.20. The summed E-state index contributed by atoms with van der Waals surface area (Å²) in [6.07, 6.45) is 0. The molecule has 2 heteroatoms. The summed E-state index contributed by atoms with van der Waals surface area (Å²) in [6, 6.07) is 9.17. The molecule has 1 N–H and O–H groups in total. The van der Waals surface area contributed by atoms with Gasteiger partial charge in [-0.1, -0.05) is 32.0 Å². The number of benzene rings is 1. The Labute approximate surface area is 106 Å². The Morgan fingerprint density at radius 2 is 1.76 bits per heavy atom. The van der Waals surface area contributed by atoms with Crippen LogP contribution in [0.15, 0.2) is 24.3 Å². The van der Waals surface area contributed by atoms with Gasteiger partial charge in [0.25, 0.3) is 0 Å². The number of anilines is 1. The van der Waals surface area contributed by atoms with E-state index in [1.54, 1.807) is 0 Å². The molecule has 0 aliphatic heterocycles. The lowest BCUT2D eigenvalue weighted by Crippen LogP contribution is -2.28. The van der Waals surface area contributed by atoms with Gasteiger partial charge in [-0.2, -0.15) is 0 Å². The number of hydrogen-bond acceptors (Lipinski definition) is 2. The molecule has 0 unspecified atom stereocenters. The van der Waals surface area contributed by atoms with Gasteiger partial charge in [0.05, 0.1) is 0 Å². The monoisotopic (exact) mass is 234 g/mol. The summed E-state index contributed by atoms with van der Waals surface area (Å²) in [5.74, 6) is 0.699. The van der Waals surface area contributed by atoms with Crippen molar-refractivity contribution >= 4 is 5.69 Å². The summed E-state index contributed by atoms with van der Waals surface area (Å²) in [5, 5.41) is 3.51. The minimum absolute atomic E-state index is 0.529. The maximum atomic E-state index is 3.51. The zero-order chi connectivity index (χ0) is 12.8. The van der Waals surface area contributed by atoms with Gasteiger partial charge in [0, 0.05) is 25.3 Å². The largest absolute Gasteiger partial charge is 0.372 e. The third kappa shape index (κ3) is 4.39. The van der Waals surface area contributed by atoms with Crippen LogP contribution in [0.1, 0.15) is 33.3 Å². The Hall–Kier alpha value is -1.02. The molecule has 0 bridgehead atoms. The number of para-hydroxylation sites is 1. The number of hydrogen-bond donors (Lipinski definition) is 1. The average molecular weight is 234 g/mol. The molecule has 1 aromatic rings. The van der Waals surface area contributed by atoms with Crippen molar-refractivity contribution in [1.82, 2.24) is 5.32 Å². The summed E-state index contributed by atoms with van der Waals surface area (Å²) in [6.45, 7) is 10.9. The highest BCUT2D eigenvalue weighted by molar-refractivity contribution is 5.53. The Morgan fingerprint density at radius 1 is 1.12 bits per heavy atom. The second kappa shape index (κ2) is 6.65. The number of nitrogens with zero attached hydrogens (tertiary/aromatic N) is 1. The predicted octanol–water partition coefficient (Wildman–Crippen LogP) is 3.28. The van der Waals surface area contributed by atoms with Gasteiger partial charge in [-0.05, 0) is 37.9 Å². The van der Waals surface area contributed by atoms with Crippen LogP contribution in [0, 0.1) is 5.92 Å². The third-order valence-electron chi connectivity index (χ3n) is 3.01. The van der Waals surface area contributed by atoms with Crippen LogP contribution in [0.3, 0.4) is 0 Å². The van der Waals surface area contributed by atoms with Gasteiger partial charge in [-0.25, -0.2) is 0 Å². The molecular formula is C15H26N2.